The number of nitrogen functional groups attached to an aromatic ring is 1. The van der Waals surface area contributed by atoms with Gasteiger partial charge in [-0.3, -0.25) is 0 Å². The van der Waals surface area contributed by atoms with Crippen LogP contribution in [-0.2, 0) is 0 Å². The van der Waals surface area contributed by atoms with Crippen molar-refractivity contribution in [1.82, 2.24) is 4.98 Å². The van der Waals surface area contributed by atoms with Gasteiger partial charge in [-0.2, -0.15) is 0 Å². The van der Waals surface area contributed by atoms with E-state index in [1.807, 2.05) is 13.0 Å². The Morgan fingerprint density at radius 2 is 2.33 bits per heavy atom. The van der Waals surface area contributed by atoms with Crippen LogP contribution >= 0.6 is 0 Å². The van der Waals surface area contributed by atoms with Crippen LogP contribution in [0.3, 0.4) is 0 Å². The van der Waals surface area contributed by atoms with E-state index in [0.717, 1.165) is 29.5 Å². The van der Waals surface area contributed by atoms with E-state index in [0.29, 0.717) is 0 Å². The van der Waals surface area contributed by atoms with Crippen LogP contribution < -0.4 is 11.1 Å². The predicted octanol–water partition coefficient (Wildman–Crippen LogP) is 2.57. The summed E-state index contributed by atoms with van der Waals surface area (Å²) in [5.41, 5.74) is 7.79. The number of nitrogens with two attached hydrogens (primary N) is 1. The van der Waals surface area contributed by atoms with Crippen LogP contribution in [0, 0.1) is 12.8 Å². The van der Waals surface area contributed by atoms with Crippen LogP contribution in [0.25, 0.3) is 0 Å². The van der Waals surface area contributed by atoms with E-state index in [1.165, 1.54) is 25.7 Å². The Hall–Kier alpha value is -1.25. The van der Waals surface area contributed by atoms with Gasteiger partial charge in [0.15, 0.2) is 0 Å². The highest BCUT2D eigenvalue weighted by Gasteiger charge is 2.19. The standard InChI is InChI=1S/C12H19N3/c1-9-6-8-15-12(11(9)13)14-7-2-3-10-4-5-10/h6,8,10H,2-5,7,13H2,1H3,(H,14,15). The summed E-state index contributed by atoms with van der Waals surface area (Å²) in [6.07, 6.45) is 7.24. The number of aromatic nitrogens is 1. The Bertz CT molecular complexity index is 332. The summed E-state index contributed by atoms with van der Waals surface area (Å²) in [5, 5.41) is 3.30. The zero-order valence-electron chi connectivity index (χ0n) is 9.29. The van der Waals surface area contributed by atoms with Crippen LogP contribution in [0.1, 0.15) is 31.2 Å². The maximum absolute atomic E-state index is 5.91. The normalized spacial score (nSPS) is 15.3. The van der Waals surface area contributed by atoms with Crippen molar-refractivity contribution in [3.05, 3.63) is 17.8 Å². The number of aryl methyl sites for hydroxylation is 1. The van der Waals surface area contributed by atoms with Crippen molar-refractivity contribution in [2.75, 3.05) is 17.6 Å². The van der Waals surface area contributed by atoms with Crippen LogP contribution in [0.2, 0.25) is 0 Å². The zero-order chi connectivity index (χ0) is 10.7. The lowest BCUT2D eigenvalue weighted by Crippen LogP contribution is -2.07. The number of nitrogens with zero attached hydrogens (tertiary/aromatic N) is 1. The van der Waals surface area contributed by atoms with E-state index in [2.05, 4.69) is 10.3 Å². The number of rotatable bonds is 5. The summed E-state index contributed by atoms with van der Waals surface area (Å²) < 4.78 is 0. The van der Waals surface area contributed by atoms with Gasteiger partial charge in [0.2, 0.25) is 0 Å². The Labute approximate surface area is 91.1 Å². The lowest BCUT2D eigenvalue weighted by molar-refractivity contribution is 0.686. The summed E-state index contributed by atoms with van der Waals surface area (Å²) in [6.45, 7) is 2.99. The van der Waals surface area contributed by atoms with Gasteiger partial charge in [0.25, 0.3) is 0 Å². The van der Waals surface area contributed by atoms with E-state index >= 15 is 0 Å². The molecule has 1 aliphatic rings. The molecule has 1 aliphatic carbocycles. The van der Waals surface area contributed by atoms with E-state index in [9.17, 15) is 0 Å². The molecule has 3 N–H and O–H groups in total. The molecule has 1 saturated carbocycles. The molecule has 0 aromatic carbocycles. The second-order valence-corrected chi connectivity index (χ2v) is 4.40. The minimum Gasteiger partial charge on any atom is -0.396 e. The lowest BCUT2D eigenvalue weighted by Gasteiger charge is -2.09. The molecule has 1 aromatic heterocycles. The third-order valence-corrected chi connectivity index (χ3v) is 2.99. The number of nitrogens with one attached hydrogen (secondary N) is 1. The molecule has 1 aromatic rings. The minimum atomic E-state index is 0.781. The number of pyridine rings is 1. The average molecular weight is 205 g/mol. The van der Waals surface area contributed by atoms with Crippen LogP contribution in [-0.4, -0.2) is 11.5 Å². The van der Waals surface area contributed by atoms with Crippen molar-refractivity contribution in [3.8, 4) is 0 Å². The Balaban J connectivity index is 1.78. The molecule has 0 atom stereocenters. The monoisotopic (exact) mass is 205 g/mol. The number of hydrogen-bond acceptors (Lipinski definition) is 3. The molecule has 82 valence electrons. The Morgan fingerprint density at radius 3 is 3.07 bits per heavy atom. The second kappa shape index (κ2) is 4.51. The van der Waals surface area contributed by atoms with E-state index in [4.69, 9.17) is 5.73 Å². The molecule has 0 unspecified atom stereocenters. The van der Waals surface area contributed by atoms with Gasteiger partial charge in [0.1, 0.15) is 5.82 Å². The molecular weight excluding hydrogens is 186 g/mol. The molecule has 1 heterocycles. The molecule has 0 saturated heterocycles. The molecular formula is C12H19N3. The first-order valence-corrected chi connectivity index (χ1v) is 5.72. The molecule has 2 rings (SSSR count). The topological polar surface area (TPSA) is 50.9 Å². The SMILES string of the molecule is Cc1ccnc(NCCCC2CC2)c1N. The quantitative estimate of drug-likeness (QED) is 0.726. The lowest BCUT2D eigenvalue weighted by atomic mass is 10.2. The molecule has 3 heteroatoms. The van der Waals surface area contributed by atoms with Crippen LogP contribution in [0.4, 0.5) is 11.5 Å². The third-order valence-electron chi connectivity index (χ3n) is 2.99. The average Bonchev–Trinajstić information content (AvgIpc) is 3.02. The highest BCUT2D eigenvalue weighted by Crippen LogP contribution is 2.33. The highest BCUT2D eigenvalue weighted by atomic mass is 15.0. The minimum absolute atomic E-state index is 0.781. The van der Waals surface area contributed by atoms with Crippen molar-refractivity contribution >= 4 is 11.5 Å². The van der Waals surface area contributed by atoms with Gasteiger partial charge in [-0.05, 0) is 37.3 Å². The molecule has 0 radical (unpaired) electrons. The maximum Gasteiger partial charge on any atom is 0.149 e. The van der Waals surface area contributed by atoms with E-state index in [1.54, 1.807) is 6.20 Å². The summed E-state index contributed by atoms with van der Waals surface area (Å²) in [5.74, 6) is 1.85. The molecule has 0 aliphatic heterocycles. The zero-order valence-corrected chi connectivity index (χ0v) is 9.29. The first-order valence-electron chi connectivity index (χ1n) is 5.72. The van der Waals surface area contributed by atoms with Crippen LogP contribution in [0.15, 0.2) is 12.3 Å². The van der Waals surface area contributed by atoms with Crippen molar-refractivity contribution in [1.29, 1.82) is 0 Å². The van der Waals surface area contributed by atoms with Gasteiger partial charge in [-0.15, -0.1) is 0 Å². The smallest absolute Gasteiger partial charge is 0.149 e. The van der Waals surface area contributed by atoms with Crippen molar-refractivity contribution in [2.45, 2.75) is 32.6 Å². The Kier molecular flexibility index (Phi) is 3.09. The fraction of sp³-hybridized carbons (Fsp3) is 0.583. The maximum atomic E-state index is 5.91. The molecule has 3 nitrogen and oxygen atoms in total. The highest BCUT2D eigenvalue weighted by molar-refractivity contribution is 5.64. The summed E-state index contributed by atoms with van der Waals surface area (Å²) in [4.78, 5) is 4.24. The Morgan fingerprint density at radius 1 is 1.53 bits per heavy atom. The van der Waals surface area contributed by atoms with Gasteiger partial charge >= 0.3 is 0 Å². The first kappa shape index (κ1) is 10.3. The van der Waals surface area contributed by atoms with Crippen molar-refractivity contribution in [3.63, 3.8) is 0 Å². The molecule has 0 amide bonds. The fourth-order valence-electron chi connectivity index (χ4n) is 1.71. The summed E-state index contributed by atoms with van der Waals surface area (Å²) in [7, 11) is 0. The van der Waals surface area contributed by atoms with Crippen molar-refractivity contribution in [2.24, 2.45) is 5.92 Å². The van der Waals surface area contributed by atoms with E-state index < -0.39 is 0 Å². The summed E-state index contributed by atoms with van der Waals surface area (Å²) in [6, 6.07) is 1.94. The van der Waals surface area contributed by atoms with Gasteiger partial charge in [0, 0.05) is 12.7 Å². The molecule has 0 spiro atoms. The van der Waals surface area contributed by atoms with Crippen molar-refractivity contribution < 1.29 is 0 Å². The molecule has 1 fully saturated rings. The summed E-state index contributed by atoms with van der Waals surface area (Å²) >= 11 is 0. The third kappa shape index (κ3) is 2.85. The van der Waals surface area contributed by atoms with Gasteiger partial charge < -0.3 is 11.1 Å². The predicted molar refractivity (Wildman–Crippen MR) is 63.8 cm³/mol. The number of hydrogen-bond donors (Lipinski definition) is 2. The van der Waals surface area contributed by atoms with Gasteiger partial charge in [0.05, 0.1) is 5.69 Å². The van der Waals surface area contributed by atoms with Gasteiger partial charge in [-0.1, -0.05) is 12.8 Å². The molecule has 15 heavy (non-hydrogen) atoms. The number of anilines is 2. The largest absolute Gasteiger partial charge is 0.396 e. The molecule has 0 bridgehead atoms. The second-order valence-electron chi connectivity index (χ2n) is 4.40. The van der Waals surface area contributed by atoms with Gasteiger partial charge in [-0.25, -0.2) is 4.98 Å². The van der Waals surface area contributed by atoms with Crippen LogP contribution in [0.5, 0.6) is 0 Å². The fourth-order valence-corrected chi connectivity index (χ4v) is 1.71. The first-order chi connectivity index (χ1) is 7.27. The van der Waals surface area contributed by atoms with E-state index in [-0.39, 0.29) is 0 Å².